The largest absolute Gasteiger partial charge is 0.480 e. The smallest absolute Gasteiger partial charge is 0.323 e. The fraction of sp³-hybridized carbons (Fsp3) is 0.429. The lowest BCUT2D eigenvalue weighted by atomic mass is 10.1. The van der Waals surface area contributed by atoms with E-state index in [1.165, 1.54) is 11.8 Å². The van der Waals surface area contributed by atoms with E-state index in [1.54, 1.807) is 11.8 Å². The molecule has 1 aromatic carbocycles. The molecule has 1 unspecified atom stereocenters. The molecule has 1 saturated heterocycles. The van der Waals surface area contributed by atoms with Crippen LogP contribution in [0.15, 0.2) is 34.7 Å². The van der Waals surface area contributed by atoms with Crippen LogP contribution in [0.25, 0.3) is 11.3 Å². The van der Waals surface area contributed by atoms with E-state index in [9.17, 15) is 14.4 Å². The molecule has 0 radical (unpaired) electrons. The number of aliphatic carboxylic acids is 1. The summed E-state index contributed by atoms with van der Waals surface area (Å²) in [5.74, 6) is -0.651. The molecule has 1 fully saturated rings. The molecule has 1 aliphatic heterocycles. The van der Waals surface area contributed by atoms with Gasteiger partial charge in [0, 0.05) is 38.5 Å². The summed E-state index contributed by atoms with van der Waals surface area (Å²) in [7, 11) is 0. The third-order valence-electron chi connectivity index (χ3n) is 5.11. The van der Waals surface area contributed by atoms with Crippen molar-refractivity contribution in [3.8, 4) is 11.3 Å². The van der Waals surface area contributed by atoms with Crippen molar-refractivity contribution in [2.45, 2.75) is 39.2 Å². The molecule has 1 N–H and O–H groups in total. The normalized spacial score (nSPS) is 16.9. The van der Waals surface area contributed by atoms with Gasteiger partial charge in [-0.25, -0.2) is 4.98 Å². The van der Waals surface area contributed by atoms with Gasteiger partial charge in [-0.1, -0.05) is 30.3 Å². The Balaban J connectivity index is 1.77. The number of hydrogen-bond acceptors (Lipinski definition) is 5. The van der Waals surface area contributed by atoms with E-state index in [4.69, 9.17) is 9.52 Å². The average molecular weight is 399 g/mol. The highest BCUT2D eigenvalue weighted by molar-refractivity contribution is 5.97. The van der Waals surface area contributed by atoms with E-state index in [0.717, 1.165) is 5.56 Å². The summed E-state index contributed by atoms with van der Waals surface area (Å²) in [5.41, 5.74) is 1.06. The molecule has 1 atom stereocenters. The Hall–Kier alpha value is -3.16. The van der Waals surface area contributed by atoms with E-state index in [0.29, 0.717) is 44.0 Å². The van der Waals surface area contributed by atoms with Crippen molar-refractivity contribution in [3.63, 3.8) is 0 Å². The number of aryl methyl sites for hydroxylation is 1. The molecule has 8 heteroatoms. The maximum absolute atomic E-state index is 13.2. The zero-order chi connectivity index (χ0) is 21.0. The summed E-state index contributed by atoms with van der Waals surface area (Å²) < 4.78 is 5.70. The number of rotatable bonds is 5. The second kappa shape index (κ2) is 8.89. The van der Waals surface area contributed by atoms with Crippen molar-refractivity contribution >= 4 is 17.8 Å². The van der Waals surface area contributed by atoms with Gasteiger partial charge in [0.05, 0.1) is 0 Å². The second-order valence-corrected chi connectivity index (χ2v) is 7.19. The number of carbonyl (C=O) groups is 3. The maximum Gasteiger partial charge on any atom is 0.323 e. The summed E-state index contributed by atoms with van der Waals surface area (Å²) in [6.45, 7) is 3.70. The molecule has 8 nitrogen and oxygen atoms in total. The lowest BCUT2D eigenvalue weighted by Gasteiger charge is -2.28. The summed E-state index contributed by atoms with van der Waals surface area (Å²) >= 11 is 0. The summed E-state index contributed by atoms with van der Waals surface area (Å²) in [6.07, 6.45) is 1.85. The number of aromatic nitrogens is 1. The van der Waals surface area contributed by atoms with Crippen LogP contribution in [0.5, 0.6) is 0 Å². The first kappa shape index (κ1) is 20.6. The first-order chi connectivity index (χ1) is 13.9. The molecule has 2 amide bonds. The molecule has 3 rings (SSSR count). The van der Waals surface area contributed by atoms with Gasteiger partial charge in [0.25, 0.3) is 5.91 Å². The van der Waals surface area contributed by atoms with Crippen LogP contribution in [0.3, 0.4) is 0 Å². The predicted octanol–water partition coefficient (Wildman–Crippen LogP) is 2.58. The van der Waals surface area contributed by atoms with Crippen LogP contribution < -0.4 is 0 Å². The van der Waals surface area contributed by atoms with Crippen LogP contribution in [0, 0.1) is 6.92 Å². The van der Waals surface area contributed by atoms with Crippen LogP contribution in [0.2, 0.25) is 0 Å². The number of hydrogen-bond donors (Lipinski definition) is 1. The molecule has 1 aliphatic rings. The molecule has 0 bridgehead atoms. The molecule has 0 spiro atoms. The standard InChI is InChI=1S/C21H25N3O5/c1-14-22-19(20(29-14)16-7-4-3-5-8-16)21(28)23-11-6-9-17(10-12-23)24(15(2)25)13-18(26)27/h3-5,7-8,17H,6,9-13H2,1-2H3,(H,26,27). The van der Waals surface area contributed by atoms with Crippen molar-refractivity contribution < 1.29 is 23.9 Å². The van der Waals surface area contributed by atoms with Gasteiger partial charge in [-0.3, -0.25) is 14.4 Å². The number of oxazole rings is 1. The maximum atomic E-state index is 13.2. The number of carbonyl (C=O) groups excluding carboxylic acids is 2. The van der Waals surface area contributed by atoms with Gasteiger partial charge in [0.15, 0.2) is 17.3 Å². The van der Waals surface area contributed by atoms with E-state index in [-0.39, 0.29) is 30.1 Å². The third-order valence-corrected chi connectivity index (χ3v) is 5.11. The lowest BCUT2D eigenvalue weighted by Crippen LogP contribution is -2.43. The molecule has 2 aromatic rings. The monoisotopic (exact) mass is 399 g/mol. The number of amides is 2. The predicted molar refractivity (Wildman–Crippen MR) is 105 cm³/mol. The van der Waals surface area contributed by atoms with Crippen molar-refractivity contribution in [1.82, 2.24) is 14.8 Å². The van der Waals surface area contributed by atoms with Gasteiger partial charge in [-0.15, -0.1) is 0 Å². The number of carboxylic acid groups (broad SMARTS) is 1. The minimum Gasteiger partial charge on any atom is -0.480 e. The van der Waals surface area contributed by atoms with Crippen LogP contribution in [0.4, 0.5) is 0 Å². The van der Waals surface area contributed by atoms with Gasteiger partial charge >= 0.3 is 5.97 Å². The number of likely N-dealkylation sites (tertiary alicyclic amines) is 1. The second-order valence-electron chi connectivity index (χ2n) is 7.19. The SMILES string of the molecule is CC(=O)N(CC(=O)O)C1CCCN(C(=O)c2nc(C)oc2-c2ccccc2)CC1. The van der Waals surface area contributed by atoms with Crippen LogP contribution in [0.1, 0.15) is 42.6 Å². The highest BCUT2D eigenvalue weighted by Crippen LogP contribution is 2.27. The molecule has 1 aromatic heterocycles. The van der Waals surface area contributed by atoms with Gasteiger partial charge in [-0.2, -0.15) is 0 Å². The zero-order valence-corrected chi connectivity index (χ0v) is 16.6. The molecule has 2 heterocycles. The quantitative estimate of drug-likeness (QED) is 0.829. The van der Waals surface area contributed by atoms with E-state index in [2.05, 4.69) is 4.98 Å². The van der Waals surface area contributed by atoms with E-state index >= 15 is 0 Å². The highest BCUT2D eigenvalue weighted by Gasteiger charge is 2.30. The first-order valence-electron chi connectivity index (χ1n) is 9.68. The molecule has 0 aliphatic carbocycles. The Bertz CT molecular complexity index is 893. The Morgan fingerprint density at radius 3 is 2.59 bits per heavy atom. The fourth-order valence-electron chi connectivity index (χ4n) is 3.74. The number of carboxylic acids is 1. The minimum absolute atomic E-state index is 0.200. The van der Waals surface area contributed by atoms with Crippen LogP contribution in [-0.4, -0.2) is 63.4 Å². The fourth-order valence-corrected chi connectivity index (χ4v) is 3.74. The number of nitrogens with zero attached hydrogens (tertiary/aromatic N) is 3. The first-order valence-corrected chi connectivity index (χ1v) is 9.68. The summed E-state index contributed by atoms with van der Waals surface area (Å²) in [5, 5.41) is 9.09. The zero-order valence-electron chi connectivity index (χ0n) is 16.6. The summed E-state index contributed by atoms with van der Waals surface area (Å²) in [4.78, 5) is 43.6. The van der Waals surface area contributed by atoms with E-state index in [1.807, 2.05) is 30.3 Å². The minimum atomic E-state index is -1.04. The Morgan fingerprint density at radius 1 is 1.21 bits per heavy atom. The average Bonchev–Trinajstić information content (AvgIpc) is 2.92. The Labute approximate surface area is 169 Å². The summed E-state index contributed by atoms with van der Waals surface area (Å²) in [6, 6.07) is 9.17. The Morgan fingerprint density at radius 2 is 1.93 bits per heavy atom. The van der Waals surface area contributed by atoms with Crippen molar-refractivity contribution in [2.24, 2.45) is 0 Å². The van der Waals surface area contributed by atoms with Crippen LogP contribution in [-0.2, 0) is 9.59 Å². The highest BCUT2D eigenvalue weighted by atomic mass is 16.4. The number of benzene rings is 1. The Kier molecular flexibility index (Phi) is 6.31. The van der Waals surface area contributed by atoms with Crippen LogP contribution >= 0.6 is 0 Å². The molecule has 0 saturated carbocycles. The van der Waals surface area contributed by atoms with Gasteiger partial charge < -0.3 is 19.3 Å². The van der Waals surface area contributed by atoms with Crippen molar-refractivity contribution in [3.05, 3.63) is 41.9 Å². The van der Waals surface area contributed by atoms with Gasteiger partial charge in [0.2, 0.25) is 5.91 Å². The topological polar surface area (TPSA) is 104 Å². The molecule has 29 heavy (non-hydrogen) atoms. The third kappa shape index (κ3) is 4.82. The molecular weight excluding hydrogens is 374 g/mol. The van der Waals surface area contributed by atoms with Crippen molar-refractivity contribution in [1.29, 1.82) is 0 Å². The van der Waals surface area contributed by atoms with Gasteiger partial charge in [-0.05, 0) is 19.3 Å². The lowest BCUT2D eigenvalue weighted by molar-refractivity contribution is -0.145. The molecule has 154 valence electrons. The van der Waals surface area contributed by atoms with Gasteiger partial charge in [0.1, 0.15) is 6.54 Å². The molecular formula is C21H25N3O5. The van der Waals surface area contributed by atoms with Crippen molar-refractivity contribution in [2.75, 3.05) is 19.6 Å². The van der Waals surface area contributed by atoms with E-state index < -0.39 is 5.97 Å².